The molecule has 1 N–H and O–H groups in total. The van der Waals surface area contributed by atoms with Crippen molar-refractivity contribution in [1.29, 1.82) is 0 Å². The van der Waals surface area contributed by atoms with Crippen molar-refractivity contribution in [3.05, 3.63) is 51.7 Å². The fourth-order valence-corrected chi connectivity index (χ4v) is 4.36. The van der Waals surface area contributed by atoms with Crippen LogP contribution in [0.15, 0.2) is 35.7 Å². The Kier molecular flexibility index (Phi) is 5.36. The number of rotatable bonds is 4. The molecule has 1 fully saturated rings. The average Bonchev–Trinajstić information content (AvgIpc) is 2.81. The molecular weight excluding hydrogens is 302 g/mol. The van der Waals surface area contributed by atoms with E-state index in [2.05, 4.69) is 71.8 Å². The maximum Gasteiger partial charge on any atom is 0.0699 e. The van der Waals surface area contributed by atoms with Crippen LogP contribution in [0.5, 0.6) is 0 Å². The van der Waals surface area contributed by atoms with Gasteiger partial charge in [0.25, 0.3) is 0 Å². The van der Waals surface area contributed by atoms with Crippen LogP contribution < -0.4 is 10.2 Å². The third-order valence-electron chi connectivity index (χ3n) is 4.62. The van der Waals surface area contributed by atoms with Crippen molar-refractivity contribution >= 4 is 17.0 Å². The van der Waals surface area contributed by atoms with E-state index >= 15 is 0 Å². The topological polar surface area (TPSA) is 18.5 Å². The van der Waals surface area contributed by atoms with Gasteiger partial charge in [0.05, 0.1) is 6.04 Å². The molecule has 0 saturated carbocycles. The van der Waals surface area contributed by atoms with E-state index < -0.39 is 0 Å². The van der Waals surface area contributed by atoms with Crippen LogP contribution in [0, 0.1) is 6.92 Å². The van der Waals surface area contributed by atoms with Crippen molar-refractivity contribution in [1.82, 2.24) is 10.2 Å². The van der Waals surface area contributed by atoms with E-state index in [1.54, 1.807) is 0 Å². The van der Waals surface area contributed by atoms with E-state index in [4.69, 9.17) is 0 Å². The van der Waals surface area contributed by atoms with Crippen molar-refractivity contribution in [2.24, 2.45) is 0 Å². The van der Waals surface area contributed by atoms with Gasteiger partial charge in [-0.05, 0) is 54.6 Å². The zero-order valence-electron chi connectivity index (χ0n) is 14.4. The van der Waals surface area contributed by atoms with Gasteiger partial charge in [0.1, 0.15) is 0 Å². The highest BCUT2D eigenvalue weighted by Gasteiger charge is 2.25. The SMILES string of the molecule is Cc1ccsc1C(c1ccc(N(C)C)cc1)N1CCCNCC1. The highest BCUT2D eigenvalue weighted by molar-refractivity contribution is 7.10. The Morgan fingerprint density at radius 2 is 1.87 bits per heavy atom. The third kappa shape index (κ3) is 3.77. The summed E-state index contributed by atoms with van der Waals surface area (Å²) in [6.07, 6.45) is 1.22. The Morgan fingerprint density at radius 1 is 1.09 bits per heavy atom. The minimum absolute atomic E-state index is 0.381. The minimum atomic E-state index is 0.381. The van der Waals surface area contributed by atoms with Crippen molar-refractivity contribution in [2.45, 2.75) is 19.4 Å². The maximum atomic E-state index is 3.52. The zero-order chi connectivity index (χ0) is 16.2. The lowest BCUT2D eigenvalue weighted by atomic mass is 10.0. The molecule has 2 heterocycles. The maximum absolute atomic E-state index is 3.52. The lowest BCUT2D eigenvalue weighted by molar-refractivity contribution is 0.243. The van der Waals surface area contributed by atoms with Gasteiger partial charge >= 0.3 is 0 Å². The molecule has 3 rings (SSSR count). The van der Waals surface area contributed by atoms with Crippen LogP contribution in [0.1, 0.15) is 28.5 Å². The molecule has 1 aliphatic rings. The predicted molar refractivity (Wildman–Crippen MR) is 101 cm³/mol. The van der Waals surface area contributed by atoms with Gasteiger partial charge in [-0.1, -0.05) is 12.1 Å². The van der Waals surface area contributed by atoms with Gasteiger partial charge in [-0.15, -0.1) is 11.3 Å². The summed E-state index contributed by atoms with van der Waals surface area (Å²) in [6.45, 7) is 6.72. The molecule has 0 amide bonds. The van der Waals surface area contributed by atoms with E-state index in [0.717, 1.165) is 26.2 Å². The number of nitrogens with one attached hydrogen (secondary N) is 1. The van der Waals surface area contributed by atoms with Crippen LogP contribution in [0.2, 0.25) is 0 Å². The molecular formula is C19H27N3S. The number of hydrogen-bond donors (Lipinski definition) is 1. The summed E-state index contributed by atoms with van der Waals surface area (Å²) in [5.41, 5.74) is 4.07. The van der Waals surface area contributed by atoms with Crippen molar-refractivity contribution in [3.8, 4) is 0 Å². The second kappa shape index (κ2) is 7.47. The molecule has 23 heavy (non-hydrogen) atoms. The van der Waals surface area contributed by atoms with Crippen molar-refractivity contribution in [3.63, 3.8) is 0 Å². The van der Waals surface area contributed by atoms with E-state index in [1.165, 1.54) is 28.1 Å². The van der Waals surface area contributed by atoms with Gasteiger partial charge < -0.3 is 10.2 Å². The smallest absolute Gasteiger partial charge is 0.0699 e. The summed E-state index contributed by atoms with van der Waals surface area (Å²) in [7, 11) is 4.19. The molecule has 4 heteroatoms. The quantitative estimate of drug-likeness (QED) is 0.926. The monoisotopic (exact) mass is 329 g/mol. The Bertz CT molecular complexity index is 610. The average molecular weight is 330 g/mol. The van der Waals surface area contributed by atoms with Gasteiger partial charge in [0.2, 0.25) is 0 Å². The molecule has 124 valence electrons. The van der Waals surface area contributed by atoms with E-state index in [0.29, 0.717) is 6.04 Å². The molecule has 1 atom stereocenters. The molecule has 3 nitrogen and oxygen atoms in total. The summed E-state index contributed by atoms with van der Waals surface area (Å²) >= 11 is 1.89. The van der Waals surface area contributed by atoms with Gasteiger partial charge in [-0.3, -0.25) is 4.90 Å². The first-order chi connectivity index (χ1) is 11.2. The molecule has 1 aromatic heterocycles. The van der Waals surface area contributed by atoms with E-state index in [-0.39, 0.29) is 0 Å². The number of hydrogen-bond acceptors (Lipinski definition) is 4. The number of aryl methyl sites for hydroxylation is 1. The van der Waals surface area contributed by atoms with Crippen LogP contribution in [-0.4, -0.2) is 45.2 Å². The number of benzene rings is 1. The van der Waals surface area contributed by atoms with Gasteiger partial charge in [-0.25, -0.2) is 0 Å². The number of thiophene rings is 1. The summed E-state index contributed by atoms with van der Waals surface area (Å²) in [4.78, 5) is 6.29. The van der Waals surface area contributed by atoms with Gasteiger partial charge in [0, 0.05) is 44.3 Å². The predicted octanol–water partition coefficient (Wildman–Crippen LogP) is 3.51. The molecule has 0 aliphatic carbocycles. The number of nitrogens with zero attached hydrogens (tertiary/aromatic N) is 2. The van der Waals surface area contributed by atoms with Crippen molar-refractivity contribution < 1.29 is 0 Å². The van der Waals surface area contributed by atoms with Crippen molar-refractivity contribution in [2.75, 3.05) is 45.2 Å². The zero-order valence-corrected chi connectivity index (χ0v) is 15.2. The Hall–Kier alpha value is -1.36. The molecule has 0 bridgehead atoms. The fourth-order valence-electron chi connectivity index (χ4n) is 3.27. The molecule has 1 saturated heterocycles. The van der Waals surface area contributed by atoms with Gasteiger partial charge in [-0.2, -0.15) is 0 Å². The molecule has 2 aromatic rings. The first kappa shape index (κ1) is 16.5. The summed E-state index contributed by atoms with van der Waals surface area (Å²) in [6, 6.07) is 11.7. The first-order valence-corrected chi connectivity index (χ1v) is 9.31. The largest absolute Gasteiger partial charge is 0.378 e. The fraction of sp³-hybridized carbons (Fsp3) is 0.474. The van der Waals surface area contributed by atoms with Crippen LogP contribution in [0.3, 0.4) is 0 Å². The normalized spacial score (nSPS) is 17.7. The second-order valence-corrected chi connectivity index (χ2v) is 7.44. The summed E-state index contributed by atoms with van der Waals surface area (Å²) < 4.78 is 0. The Labute approximate surface area is 143 Å². The van der Waals surface area contributed by atoms with Gasteiger partial charge in [0.15, 0.2) is 0 Å². The molecule has 1 unspecified atom stereocenters. The molecule has 1 aliphatic heterocycles. The van der Waals surface area contributed by atoms with E-state index in [1.807, 2.05) is 11.3 Å². The highest BCUT2D eigenvalue weighted by atomic mass is 32.1. The first-order valence-electron chi connectivity index (χ1n) is 8.43. The second-order valence-electron chi connectivity index (χ2n) is 6.50. The van der Waals surface area contributed by atoms with Crippen LogP contribution >= 0.6 is 11.3 Å². The third-order valence-corrected chi connectivity index (χ3v) is 5.69. The lowest BCUT2D eigenvalue weighted by Crippen LogP contribution is -2.32. The standard InChI is InChI=1S/C19H27N3S/c1-15-9-14-23-19(15)18(22-12-4-10-20-11-13-22)16-5-7-17(8-6-16)21(2)3/h5-9,14,18,20H,4,10-13H2,1-3H3. The highest BCUT2D eigenvalue weighted by Crippen LogP contribution is 2.35. The lowest BCUT2D eigenvalue weighted by Gasteiger charge is -2.31. The van der Waals surface area contributed by atoms with Crippen LogP contribution in [0.4, 0.5) is 5.69 Å². The molecule has 0 spiro atoms. The Morgan fingerprint density at radius 3 is 2.52 bits per heavy atom. The summed E-state index contributed by atoms with van der Waals surface area (Å²) in [5, 5.41) is 5.75. The van der Waals surface area contributed by atoms with Crippen LogP contribution in [0.25, 0.3) is 0 Å². The van der Waals surface area contributed by atoms with Crippen LogP contribution in [-0.2, 0) is 0 Å². The Balaban J connectivity index is 1.95. The summed E-state index contributed by atoms with van der Waals surface area (Å²) in [5.74, 6) is 0. The number of anilines is 1. The van der Waals surface area contributed by atoms with E-state index in [9.17, 15) is 0 Å². The molecule has 1 aromatic carbocycles. The minimum Gasteiger partial charge on any atom is -0.378 e. The molecule has 0 radical (unpaired) electrons.